The minimum Gasteiger partial charge on any atom is -0.329 e. The molecule has 17 heavy (non-hydrogen) atoms. The molecule has 0 spiro atoms. The molecule has 4 nitrogen and oxygen atoms in total. The molecule has 0 radical (unpaired) electrons. The van der Waals surface area contributed by atoms with E-state index in [4.69, 9.17) is 5.73 Å². The van der Waals surface area contributed by atoms with Crippen LogP contribution < -0.4 is 5.73 Å². The van der Waals surface area contributed by atoms with Crippen molar-refractivity contribution >= 4 is 23.6 Å². The maximum absolute atomic E-state index is 12.2. The van der Waals surface area contributed by atoms with Crippen molar-refractivity contribution < 1.29 is 9.59 Å². The molecule has 5 heteroatoms. The van der Waals surface area contributed by atoms with Gasteiger partial charge in [-0.3, -0.25) is 14.5 Å². The first-order valence-corrected chi connectivity index (χ1v) is 7.29. The first kappa shape index (κ1) is 12.9. The molecule has 2 fully saturated rings. The van der Waals surface area contributed by atoms with Crippen LogP contribution in [0, 0.1) is 0 Å². The van der Waals surface area contributed by atoms with Gasteiger partial charge in [0, 0.05) is 24.3 Å². The van der Waals surface area contributed by atoms with E-state index in [0.29, 0.717) is 13.0 Å². The van der Waals surface area contributed by atoms with Crippen molar-refractivity contribution in [1.82, 2.24) is 4.90 Å². The number of imide groups is 1. The van der Waals surface area contributed by atoms with Gasteiger partial charge in [-0.2, -0.15) is 0 Å². The molecule has 2 atom stereocenters. The number of nitrogens with two attached hydrogens (primary N) is 1. The molecule has 96 valence electrons. The Morgan fingerprint density at radius 3 is 2.65 bits per heavy atom. The molecular formula is C12H20N2O2S. The third-order valence-electron chi connectivity index (χ3n) is 3.56. The molecule has 2 amide bonds. The highest BCUT2D eigenvalue weighted by Crippen LogP contribution is 2.33. The standard InChI is InChI=1S/C12H20N2O2S/c1-8(7-13)17-10-6-11(15)14(12(10)16)9-4-2-3-5-9/h8-10H,2-7,13H2,1H3. The number of hydrogen-bond donors (Lipinski definition) is 1. The summed E-state index contributed by atoms with van der Waals surface area (Å²) in [5.41, 5.74) is 5.56. The molecule has 0 aromatic carbocycles. The largest absolute Gasteiger partial charge is 0.329 e. The number of amides is 2. The van der Waals surface area contributed by atoms with E-state index in [2.05, 4.69) is 0 Å². The lowest BCUT2D eigenvalue weighted by molar-refractivity contribution is -0.140. The number of nitrogens with zero attached hydrogens (tertiary/aromatic N) is 1. The summed E-state index contributed by atoms with van der Waals surface area (Å²) in [6, 6.07) is 0.175. The predicted octanol–water partition coefficient (Wildman–Crippen LogP) is 1.14. The molecule has 2 unspecified atom stereocenters. The summed E-state index contributed by atoms with van der Waals surface area (Å²) in [6.07, 6.45) is 4.62. The van der Waals surface area contributed by atoms with Gasteiger partial charge < -0.3 is 5.73 Å². The van der Waals surface area contributed by atoms with Crippen LogP contribution in [0.4, 0.5) is 0 Å². The topological polar surface area (TPSA) is 63.4 Å². The Morgan fingerprint density at radius 1 is 1.41 bits per heavy atom. The number of carbonyl (C=O) groups excluding carboxylic acids is 2. The second kappa shape index (κ2) is 5.40. The van der Waals surface area contributed by atoms with Gasteiger partial charge in [-0.05, 0) is 12.8 Å². The van der Waals surface area contributed by atoms with E-state index in [1.807, 2.05) is 6.92 Å². The van der Waals surface area contributed by atoms with E-state index >= 15 is 0 Å². The van der Waals surface area contributed by atoms with Crippen LogP contribution in [0.2, 0.25) is 0 Å². The van der Waals surface area contributed by atoms with Crippen LogP contribution in [-0.2, 0) is 9.59 Å². The van der Waals surface area contributed by atoms with Crippen molar-refractivity contribution in [2.45, 2.75) is 55.6 Å². The second-order valence-corrected chi connectivity index (χ2v) is 6.56. The van der Waals surface area contributed by atoms with E-state index in [9.17, 15) is 9.59 Å². The highest BCUT2D eigenvalue weighted by molar-refractivity contribution is 8.01. The molecule has 1 heterocycles. The summed E-state index contributed by atoms with van der Waals surface area (Å²) < 4.78 is 0. The average molecular weight is 256 g/mol. The van der Waals surface area contributed by atoms with Gasteiger partial charge in [-0.15, -0.1) is 11.8 Å². The Morgan fingerprint density at radius 2 is 2.06 bits per heavy atom. The SMILES string of the molecule is CC(CN)SC1CC(=O)N(C2CCCC2)C1=O. The van der Waals surface area contributed by atoms with Crippen molar-refractivity contribution in [2.24, 2.45) is 5.73 Å². The highest BCUT2D eigenvalue weighted by Gasteiger charge is 2.43. The van der Waals surface area contributed by atoms with Gasteiger partial charge >= 0.3 is 0 Å². The maximum atomic E-state index is 12.2. The zero-order valence-corrected chi connectivity index (χ0v) is 11.0. The lowest BCUT2D eigenvalue weighted by Gasteiger charge is -2.22. The third kappa shape index (κ3) is 2.65. The van der Waals surface area contributed by atoms with Gasteiger partial charge in [0.1, 0.15) is 0 Å². The number of rotatable bonds is 4. The van der Waals surface area contributed by atoms with Crippen LogP contribution in [0.1, 0.15) is 39.0 Å². The van der Waals surface area contributed by atoms with Crippen LogP contribution >= 0.6 is 11.8 Å². The molecule has 0 aromatic heterocycles. The van der Waals surface area contributed by atoms with Crippen LogP contribution in [0.25, 0.3) is 0 Å². The summed E-state index contributed by atoms with van der Waals surface area (Å²) in [5, 5.41) is 0.0435. The van der Waals surface area contributed by atoms with E-state index < -0.39 is 0 Å². The lowest BCUT2D eigenvalue weighted by Crippen LogP contribution is -2.39. The van der Waals surface area contributed by atoms with Crippen LogP contribution in [0.15, 0.2) is 0 Å². The Bertz CT molecular complexity index is 316. The van der Waals surface area contributed by atoms with Gasteiger partial charge in [0.2, 0.25) is 11.8 Å². The Kier molecular flexibility index (Phi) is 4.09. The van der Waals surface area contributed by atoms with Crippen molar-refractivity contribution in [3.8, 4) is 0 Å². The maximum Gasteiger partial charge on any atom is 0.243 e. The first-order valence-electron chi connectivity index (χ1n) is 6.35. The van der Waals surface area contributed by atoms with E-state index in [1.165, 1.54) is 4.90 Å². The lowest BCUT2D eigenvalue weighted by atomic mass is 10.2. The van der Waals surface area contributed by atoms with Crippen LogP contribution in [0.3, 0.4) is 0 Å². The van der Waals surface area contributed by atoms with Gasteiger partial charge in [-0.25, -0.2) is 0 Å². The smallest absolute Gasteiger partial charge is 0.243 e. The van der Waals surface area contributed by atoms with Crippen molar-refractivity contribution in [3.63, 3.8) is 0 Å². The van der Waals surface area contributed by atoms with Crippen molar-refractivity contribution in [2.75, 3.05) is 6.54 Å². The van der Waals surface area contributed by atoms with Crippen LogP contribution in [-0.4, -0.2) is 39.8 Å². The first-order chi connectivity index (χ1) is 8.13. The summed E-state index contributed by atoms with van der Waals surface area (Å²) >= 11 is 1.54. The monoisotopic (exact) mass is 256 g/mol. The van der Waals surface area contributed by atoms with Gasteiger partial charge in [-0.1, -0.05) is 19.8 Å². The number of thioether (sulfide) groups is 1. The molecule has 0 aromatic rings. The predicted molar refractivity (Wildman–Crippen MR) is 68.6 cm³/mol. The fourth-order valence-corrected chi connectivity index (χ4v) is 3.75. The molecule has 0 bridgehead atoms. The molecule has 1 aliphatic carbocycles. The molecule has 1 saturated heterocycles. The van der Waals surface area contributed by atoms with Gasteiger partial charge in [0.25, 0.3) is 0 Å². The molecular weight excluding hydrogens is 236 g/mol. The molecule has 1 saturated carbocycles. The minimum atomic E-state index is -0.193. The fourth-order valence-electron chi connectivity index (χ4n) is 2.61. The quantitative estimate of drug-likeness (QED) is 0.766. The zero-order valence-electron chi connectivity index (χ0n) is 10.2. The summed E-state index contributed by atoms with van der Waals surface area (Å²) in [4.78, 5) is 25.6. The summed E-state index contributed by atoms with van der Waals surface area (Å²) in [5.74, 6) is 0.0378. The molecule has 1 aliphatic heterocycles. The number of hydrogen-bond acceptors (Lipinski definition) is 4. The number of carbonyl (C=O) groups is 2. The van der Waals surface area contributed by atoms with E-state index in [-0.39, 0.29) is 28.4 Å². The second-order valence-electron chi connectivity index (χ2n) is 4.92. The molecule has 2 rings (SSSR count). The van der Waals surface area contributed by atoms with Crippen LogP contribution in [0.5, 0.6) is 0 Å². The van der Waals surface area contributed by atoms with E-state index in [1.54, 1.807) is 11.8 Å². The van der Waals surface area contributed by atoms with Crippen molar-refractivity contribution in [3.05, 3.63) is 0 Å². The molecule has 2 N–H and O–H groups in total. The van der Waals surface area contributed by atoms with Crippen molar-refractivity contribution in [1.29, 1.82) is 0 Å². The number of likely N-dealkylation sites (tertiary alicyclic amines) is 1. The highest BCUT2D eigenvalue weighted by atomic mass is 32.2. The minimum absolute atomic E-state index is 0.0172. The normalized spacial score (nSPS) is 28.1. The summed E-state index contributed by atoms with van der Waals surface area (Å²) in [7, 11) is 0. The molecule has 2 aliphatic rings. The Balaban J connectivity index is 2.00. The van der Waals surface area contributed by atoms with Gasteiger partial charge in [0.15, 0.2) is 0 Å². The Labute approximate surface area is 106 Å². The fraction of sp³-hybridized carbons (Fsp3) is 0.833. The summed E-state index contributed by atoms with van der Waals surface area (Å²) in [6.45, 7) is 2.55. The third-order valence-corrected chi connectivity index (χ3v) is 4.91. The Hall–Kier alpha value is -0.550. The van der Waals surface area contributed by atoms with E-state index in [0.717, 1.165) is 25.7 Å². The zero-order chi connectivity index (χ0) is 12.4. The average Bonchev–Trinajstić information content (AvgIpc) is 2.88. The van der Waals surface area contributed by atoms with Gasteiger partial charge in [0.05, 0.1) is 5.25 Å².